The van der Waals surface area contributed by atoms with Gasteiger partial charge in [-0.05, 0) is 77.5 Å². The van der Waals surface area contributed by atoms with Crippen LogP contribution >= 0.6 is 7.82 Å². The average molecular weight is 497 g/mol. The molecule has 1 aromatic rings. The fourth-order valence-corrected chi connectivity index (χ4v) is 5.18. The lowest BCUT2D eigenvalue weighted by atomic mass is 9.73. The molecule has 1 aliphatic rings. The maximum absolute atomic E-state index is 12.6. The lowest BCUT2D eigenvalue weighted by Crippen LogP contribution is -2.23. The van der Waals surface area contributed by atoms with Crippen molar-refractivity contribution in [1.82, 2.24) is 0 Å². The first kappa shape index (κ1) is 28.1. The van der Waals surface area contributed by atoms with E-state index >= 15 is 0 Å². The highest BCUT2D eigenvalue weighted by molar-refractivity contribution is 7.47. The van der Waals surface area contributed by atoms with Gasteiger partial charge in [0.05, 0.1) is 6.10 Å². The molecule has 4 atom stereocenters. The summed E-state index contributed by atoms with van der Waals surface area (Å²) in [5.74, 6) is 0.0510. The van der Waals surface area contributed by atoms with Gasteiger partial charge in [0.2, 0.25) is 6.29 Å². The van der Waals surface area contributed by atoms with Crippen LogP contribution in [0.4, 0.5) is 4.79 Å². The van der Waals surface area contributed by atoms with Gasteiger partial charge in [-0.3, -0.25) is 4.52 Å². The summed E-state index contributed by atoms with van der Waals surface area (Å²) >= 11 is 0. The van der Waals surface area contributed by atoms with Gasteiger partial charge in [0.25, 0.3) is 0 Å². The zero-order valence-corrected chi connectivity index (χ0v) is 21.8. The quantitative estimate of drug-likeness (QED) is 0.120. The maximum atomic E-state index is 12.6. The number of rotatable bonds is 10. The second-order valence-corrected chi connectivity index (χ2v) is 10.4. The number of benzene rings is 1. The van der Waals surface area contributed by atoms with Gasteiger partial charge in [0.1, 0.15) is 11.5 Å². The van der Waals surface area contributed by atoms with Crippen LogP contribution in [0.15, 0.2) is 35.9 Å². The number of hydrogen-bond acceptors (Lipinski definition) is 7. The molecule has 0 saturated heterocycles. The normalized spacial score (nSPS) is 20.9. The van der Waals surface area contributed by atoms with E-state index in [9.17, 15) is 19.4 Å². The number of carbonyl (C=O) groups is 1. The van der Waals surface area contributed by atoms with E-state index in [4.69, 9.17) is 18.5 Å². The van der Waals surface area contributed by atoms with E-state index in [1.807, 2.05) is 20.8 Å². The molecule has 8 nitrogen and oxygen atoms in total. The van der Waals surface area contributed by atoms with Crippen molar-refractivity contribution in [2.75, 3.05) is 0 Å². The van der Waals surface area contributed by atoms with Crippen LogP contribution in [0.2, 0.25) is 0 Å². The SMILES string of the molecule is C=C(C)[C@@H]1CCC(C)=C[C@H]1c1c(O)cc(CCC)cc1OC(=O)OC(C)OP(=O)(O)OC(C)C. The van der Waals surface area contributed by atoms with Crippen molar-refractivity contribution in [3.8, 4) is 11.5 Å². The molecule has 0 amide bonds. The van der Waals surface area contributed by atoms with Crippen LogP contribution < -0.4 is 4.74 Å². The minimum absolute atomic E-state index is 0.0328. The molecule has 1 aromatic carbocycles. The molecule has 0 spiro atoms. The largest absolute Gasteiger partial charge is 0.516 e. The van der Waals surface area contributed by atoms with Crippen molar-refractivity contribution in [3.63, 3.8) is 0 Å². The van der Waals surface area contributed by atoms with Crippen molar-refractivity contribution in [1.29, 1.82) is 0 Å². The monoisotopic (exact) mass is 496 g/mol. The zero-order valence-electron chi connectivity index (χ0n) is 20.9. The molecule has 0 bridgehead atoms. The van der Waals surface area contributed by atoms with E-state index < -0.39 is 26.4 Å². The number of phenols is 1. The molecule has 9 heteroatoms. The van der Waals surface area contributed by atoms with Gasteiger partial charge in [-0.15, -0.1) is 0 Å². The Morgan fingerprint density at radius 3 is 2.53 bits per heavy atom. The first-order valence-electron chi connectivity index (χ1n) is 11.6. The third kappa shape index (κ3) is 7.98. The van der Waals surface area contributed by atoms with Crippen molar-refractivity contribution in [3.05, 3.63) is 47.1 Å². The van der Waals surface area contributed by atoms with Crippen molar-refractivity contribution in [2.45, 2.75) is 85.5 Å². The molecular formula is C25H37O8P. The Morgan fingerprint density at radius 2 is 1.94 bits per heavy atom. The van der Waals surface area contributed by atoms with Crippen LogP contribution in [-0.4, -0.2) is 28.5 Å². The van der Waals surface area contributed by atoms with E-state index in [1.54, 1.807) is 26.0 Å². The Balaban J connectivity index is 2.34. The molecule has 0 aliphatic heterocycles. The standard InChI is InChI=1S/C25H37O8P/c1-8-9-19-13-22(26)24(21-12-17(6)10-11-20(21)15(2)3)23(14-19)31-25(27)30-18(7)33-34(28,29)32-16(4)5/h12-14,16,18,20-21,26H,2,8-11H2,1,3-7H3,(H,28,29)/t18?,20-,21+/m0/s1. The second-order valence-electron chi connectivity index (χ2n) is 9.07. The van der Waals surface area contributed by atoms with Gasteiger partial charge in [-0.1, -0.05) is 37.1 Å². The van der Waals surface area contributed by atoms with E-state index in [-0.39, 0.29) is 23.3 Å². The molecule has 1 aliphatic carbocycles. The van der Waals surface area contributed by atoms with E-state index in [0.29, 0.717) is 12.0 Å². The van der Waals surface area contributed by atoms with Gasteiger partial charge in [-0.2, -0.15) is 0 Å². The van der Waals surface area contributed by atoms with Gasteiger partial charge >= 0.3 is 14.0 Å². The molecule has 34 heavy (non-hydrogen) atoms. The number of phosphoric acid groups is 1. The second kappa shape index (κ2) is 12.0. The Hall–Kier alpha value is -2.12. The topological polar surface area (TPSA) is 112 Å². The third-order valence-electron chi connectivity index (χ3n) is 5.51. The van der Waals surface area contributed by atoms with Crippen LogP contribution in [0.1, 0.15) is 77.8 Å². The summed E-state index contributed by atoms with van der Waals surface area (Å²) in [6.07, 6.45) is 2.30. The molecule has 0 aromatic heterocycles. The summed E-state index contributed by atoms with van der Waals surface area (Å²) in [6.45, 7) is 14.5. The van der Waals surface area contributed by atoms with Gasteiger partial charge in [-0.25, -0.2) is 13.9 Å². The minimum atomic E-state index is -4.42. The number of phosphoric ester groups is 1. The van der Waals surface area contributed by atoms with E-state index in [1.165, 1.54) is 12.5 Å². The average Bonchev–Trinajstić information content (AvgIpc) is 2.65. The molecule has 0 heterocycles. The number of allylic oxidation sites excluding steroid dienone is 3. The molecule has 2 unspecified atom stereocenters. The number of ether oxygens (including phenoxy) is 2. The molecule has 2 rings (SSSR count). The highest BCUT2D eigenvalue weighted by atomic mass is 31.2. The molecule has 0 saturated carbocycles. The van der Waals surface area contributed by atoms with E-state index in [0.717, 1.165) is 30.4 Å². The number of hydrogen-bond donors (Lipinski definition) is 2. The van der Waals surface area contributed by atoms with Crippen LogP contribution in [0.5, 0.6) is 11.5 Å². The smallest absolute Gasteiger partial charge is 0.507 e. The number of aromatic hydroxyl groups is 1. The molecule has 0 fully saturated rings. The fourth-order valence-electron chi connectivity index (χ4n) is 4.18. The predicted octanol–water partition coefficient (Wildman–Crippen LogP) is 6.76. The number of phenolic OH excluding ortho intramolecular Hbond substituents is 1. The zero-order chi connectivity index (χ0) is 25.6. The highest BCUT2D eigenvalue weighted by Crippen LogP contribution is 2.48. The number of carbonyl (C=O) groups excluding carboxylic acids is 1. The van der Waals surface area contributed by atoms with Crippen molar-refractivity contribution in [2.24, 2.45) is 5.92 Å². The van der Waals surface area contributed by atoms with Gasteiger partial charge < -0.3 is 19.5 Å². The highest BCUT2D eigenvalue weighted by Gasteiger charge is 2.32. The third-order valence-corrected chi connectivity index (χ3v) is 6.76. The molecule has 0 radical (unpaired) electrons. The predicted molar refractivity (Wildman–Crippen MR) is 130 cm³/mol. The Morgan fingerprint density at radius 1 is 1.26 bits per heavy atom. The fraction of sp³-hybridized carbons (Fsp3) is 0.560. The summed E-state index contributed by atoms with van der Waals surface area (Å²) in [5.41, 5.74) is 3.45. The molecule has 2 N–H and O–H groups in total. The summed E-state index contributed by atoms with van der Waals surface area (Å²) in [6, 6.07) is 3.42. The lowest BCUT2D eigenvalue weighted by Gasteiger charge is -2.32. The van der Waals surface area contributed by atoms with Gasteiger partial charge in [0, 0.05) is 11.5 Å². The van der Waals surface area contributed by atoms with Crippen LogP contribution in [0.3, 0.4) is 0 Å². The Kier molecular flexibility index (Phi) is 9.95. The maximum Gasteiger partial charge on any atom is 0.516 e. The Bertz CT molecular complexity index is 968. The van der Waals surface area contributed by atoms with Crippen LogP contribution in [-0.2, 0) is 24.8 Å². The number of aryl methyl sites for hydroxylation is 1. The van der Waals surface area contributed by atoms with Crippen LogP contribution in [0.25, 0.3) is 0 Å². The minimum Gasteiger partial charge on any atom is -0.507 e. The van der Waals surface area contributed by atoms with Gasteiger partial charge in [0.15, 0.2) is 0 Å². The summed E-state index contributed by atoms with van der Waals surface area (Å²) in [5, 5.41) is 11.0. The van der Waals surface area contributed by atoms with Crippen molar-refractivity contribution >= 4 is 14.0 Å². The summed E-state index contributed by atoms with van der Waals surface area (Å²) in [4.78, 5) is 22.3. The van der Waals surface area contributed by atoms with Crippen molar-refractivity contribution < 1.29 is 37.9 Å². The lowest BCUT2D eigenvalue weighted by molar-refractivity contribution is -0.0570. The molecular weight excluding hydrogens is 459 g/mol. The first-order valence-corrected chi connectivity index (χ1v) is 13.1. The summed E-state index contributed by atoms with van der Waals surface area (Å²) in [7, 11) is -4.42. The molecule has 190 valence electrons. The van der Waals surface area contributed by atoms with Crippen LogP contribution in [0, 0.1) is 5.92 Å². The van der Waals surface area contributed by atoms with E-state index in [2.05, 4.69) is 12.7 Å². The first-order chi connectivity index (χ1) is 15.8. The summed E-state index contributed by atoms with van der Waals surface area (Å²) < 4.78 is 32.2. The Labute approximate surface area is 202 Å².